The van der Waals surface area contributed by atoms with E-state index in [-0.39, 0.29) is 11.3 Å². The van der Waals surface area contributed by atoms with Crippen molar-refractivity contribution in [2.75, 3.05) is 12.4 Å². The van der Waals surface area contributed by atoms with Crippen LogP contribution in [0.3, 0.4) is 0 Å². The fraction of sp³-hybridized carbons (Fsp3) is 0.667. The minimum atomic E-state index is -0.216. The van der Waals surface area contributed by atoms with Crippen molar-refractivity contribution < 1.29 is 4.79 Å². The van der Waals surface area contributed by atoms with Crippen molar-refractivity contribution in [3.63, 3.8) is 0 Å². The molecule has 5 nitrogen and oxygen atoms in total. The van der Waals surface area contributed by atoms with Crippen LogP contribution in [-0.2, 0) is 0 Å². The monoisotopic (exact) mass is 230 g/mol. The quantitative estimate of drug-likeness (QED) is 0.747. The van der Waals surface area contributed by atoms with Gasteiger partial charge in [-0.2, -0.15) is 15.4 Å². The number of rotatable bonds is 5. The molecule has 0 aliphatic rings. The van der Waals surface area contributed by atoms with Gasteiger partial charge in [-0.1, -0.05) is 13.8 Å². The second-order valence-corrected chi connectivity index (χ2v) is 4.52. The van der Waals surface area contributed by atoms with Crippen LogP contribution >= 0.6 is 11.6 Å². The molecular weight excluding hydrogens is 216 g/mol. The molecule has 1 rings (SSSR count). The minimum Gasteiger partial charge on any atom is -0.350 e. The lowest BCUT2D eigenvalue weighted by Crippen LogP contribution is -2.34. The van der Waals surface area contributed by atoms with Gasteiger partial charge in [-0.15, -0.1) is 11.6 Å². The molecule has 2 N–H and O–H groups in total. The van der Waals surface area contributed by atoms with Gasteiger partial charge in [-0.3, -0.25) is 4.79 Å². The van der Waals surface area contributed by atoms with E-state index in [4.69, 9.17) is 11.6 Å². The van der Waals surface area contributed by atoms with E-state index >= 15 is 0 Å². The molecule has 6 heteroatoms. The first-order chi connectivity index (χ1) is 7.05. The molecule has 0 unspecified atom stereocenters. The van der Waals surface area contributed by atoms with Gasteiger partial charge in [0.25, 0.3) is 5.91 Å². The summed E-state index contributed by atoms with van der Waals surface area (Å²) < 4.78 is 0. The van der Waals surface area contributed by atoms with E-state index in [9.17, 15) is 4.79 Å². The molecule has 0 saturated heterocycles. The van der Waals surface area contributed by atoms with Crippen molar-refractivity contribution in [3.8, 4) is 0 Å². The molecule has 0 aliphatic heterocycles. The Bertz CT molecular complexity index is 310. The number of aromatic amines is 1. The lowest BCUT2D eigenvalue weighted by molar-refractivity contribution is 0.0931. The van der Waals surface area contributed by atoms with Crippen LogP contribution < -0.4 is 5.32 Å². The highest BCUT2D eigenvalue weighted by molar-refractivity contribution is 6.17. The van der Waals surface area contributed by atoms with Crippen LogP contribution in [0.4, 0.5) is 0 Å². The van der Waals surface area contributed by atoms with Gasteiger partial charge in [-0.05, 0) is 11.8 Å². The minimum absolute atomic E-state index is 0.00114. The average molecular weight is 231 g/mol. The maximum absolute atomic E-state index is 11.5. The third-order valence-corrected chi connectivity index (χ3v) is 2.34. The second-order valence-electron chi connectivity index (χ2n) is 4.14. The van der Waals surface area contributed by atoms with Crippen LogP contribution in [0, 0.1) is 5.41 Å². The number of aromatic nitrogens is 3. The van der Waals surface area contributed by atoms with E-state index in [1.807, 2.05) is 0 Å². The summed E-state index contributed by atoms with van der Waals surface area (Å²) in [4.78, 5) is 11.5. The predicted molar refractivity (Wildman–Crippen MR) is 57.8 cm³/mol. The van der Waals surface area contributed by atoms with Crippen LogP contribution in [0.15, 0.2) is 6.20 Å². The van der Waals surface area contributed by atoms with Crippen molar-refractivity contribution in [1.82, 2.24) is 20.7 Å². The van der Waals surface area contributed by atoms with E-state index < -0.39 is 0 Å². The van der Waals surface area contributed by atoms with Crippen molar-refractivity contribution in [2.24, 2.45) is 5.41 Å². The van der Waals surface area contributed by atoms with Gasteiger partial charge in [0.05, 0.1) is 6.20 Å². The van der Waals surface area contributed by atoms with E-state index in [0.29, 0.717) is 18.1 Å². The first-order valence-electron chi connectivity index (χ1n) is 4.75. The Morgan fingerprint density at radius 1 is 1.67 bits per heavy atom. The Hall–Kier alpha value is -1.10. The second kappa shape index (κ2) is 5.11. The number of hydrogen-bond donors (Lipinski definition) is 2. The summed E-state index contributed by atoms with van der Waals surface area (Å²) in [5.41, 5.74) is 0.304. The summed E-state index contributed by atoms with van der Waals surface area (Å²) in [6.07, 6.45) is 2.25. The first-order valence-corrected chi connectivity index (χ1v) is 5.28. The molecule has 1 aromatic heterocycles. The lowest BCUT2D eigenvalue weighted by Gasteiger charge is -2.23. The number of H-pyrrole nitrogens is 1. The summed E-state index contributed by atoms with van der Waals surface area (Å²) in [6, 6.07) is 0. The summed E-state index contributed by atoms with van der Waals surface area (Å²) in [6.45, 7) is 4.68. The predicted octanol–water partition coefficient (Wildman–Crippen LogP) is 1.19. The number of carbonyl (C=O) groups is 1. The first kappa shape index (κ1) is 12.0. The molecule has 0 bridgehead atoms. The fourth-order valence-electron chi connectivity index (χ4n) is 1.07. The molecule has 0 saturated carbocycles. The van der Waals surface area contributed by atoms with Gasteiger partial charge in [0.2, 0.25) is 0 Å². The Morgan fingerprint density at radius 2 is 2.40 bits per heavy atom. The van der Waals surface area contributed by atoms with Crippen molar-refractivity contribution in [2.45, 2.75) is 20.3 Å². The van der Waals surface area contributed by atoms with E-state index in [1.165, 1.54) is 6.20 Å². The number of halogens is 1. The Labute approximate surface area is 93.6 Å². The third kappa shape index (κ3) is 3.87. The molecule has 1 amide bonds. The van der Waals surface area contributed by atoms with E-state index in [0.717, 1.165) is 6.42 Å². The molecule has 0 spiro atoms. The number of carbonyl (C=O) groups excluding carboxylic acids is 1. The van der Waals surface area contributed by atoms with Gasteiger partial charge < -0.3 is 5.32 Å². The molecule has 1 heterocycles. The van der Waals surface area contributed by atoms with Gasteiger partial charge in [0, 0.05) is 12.4 Å². The maximum atomic E-state index is 11.5. The highest BCUT2D eigenvalue weighted by Gasteiger charge is 2.19. The number of nitrogens with one attached hydrogen (secondary N) is 2. The van der Waals surface area contributed by atoms with Gasteiger partial charge in [0.15, 0.2) is 5.69 Å². The Morgan fingerprint density at radius 3 is 2.93 bits per heavy atom. The zero-order chi connectivity index (χ0) is 11.3. The van der Waals surface area contributed by atoms with Crippen LogP contribution in [0.25, 0.3) is 0 Å². The normalized spacial score (nSPS) is 11.4. The number of amides is 1. The molecule has 0 atom stereocenters. The van der Waals surface area contributed by atoms with Crippen LogP contribution in [0.2, 0.25) is 0 Å². The molecule has 0 radical (unpaired) electrons. The smallest absolute Gasteiger partial charge is 0.273 e. The highest BCUT2D eigenvalue weighted by atomic mass is 35.5. The average Bonchev–Trinajstić information content (AvgIpc) is 2.67. The fourth-order valence-corrected chi connectivity index (χ4v) is 1.58. The molecule has 1 aromatic rings. The molecule has 0 fully saturated rings. The molecule has 84 valence electrons. The number of nitrogens with zero attached hydrogens (tertiary/aromatic N) is 2. The SMILES string of the molecule is CC(C)(CCCl)CNC(=O)c1cn[nH]n1. The largest absolute Gasteiger partial charge is 0.350 e. The van der Waals surface area contributed by atoms with Crippen molar-refractivity contribution in [1.29, 1.82) is 0 Å². The molecule has 15 heavy (non-hydrogen) atoms. The van der Waals surface area contributed by atoms with Crippen LogP contribution in [0.5, 0.6) is 0 Å². The van der Waals surface area contributed by atoms with Crippen LogP contribution in [-0.4, -0.2) is 33.7 Å². The summed E-state index contributed by atoms with van der Waals surface area (Å²) in [7, 11) is 0. The lowest BCUT2D eigenvalue weighted by atomic mass is 9.90. The molecule has 0 aromatic carbocycles. The zero-order valence-corrected chi connectivity index (χ0v) is 9.64. The van der Waals surface area contributed by atoms with Gasteiger partial charge >= 0.3 is 0 Å². The summed E-state index contributed by atoms with van der Waals surface area (Å²) in [5, 5.41) is 12.4. The van der Waals surface area contributed by atoms with Gasteiger partial charge in [-0.25, -0.2) is 0 Å². The van der Waals surface area contributed by atoms with Crippen molar-refractivity contribution >= 4 is 17.5 Å². The highest BCUT2D eigenvalue weighted by Crippen LogP contribution is 2.19. The van der Waals surface area contributed by atoms with Crippen LogP contribution in [0.1, 0.15) is 30.8 Å². The summed E-state index contributed by atoms with van der Waals surface area (Å²) in [5.74, 6) is 0.374. The third-order valence-electron chi connectivity index (χ3n) is 2.15. The Kier molecular flexibility index (Phi) is 4.08. The van der Waals surface area contributed by atoms with E-state index in [2.05, 4.69) is 34.6 Å². The Balaban J connectivity index is 2.40. The maximum Gasteiger partial charge on any atom is 0.273 e. The number of hydrogen-bond acceptors (Lipinski definition) is 3. The van der Waals surface area contributed by atoms with E-state index in [1.54, 1.807) is 0 Å². The zero-order valence-electron chi connectivity index (χ0n) is 8.88. The topological polar surface area (TPSA) is 70.7 Å². The van der Waals surface area contributed by atoms with Crippen molar-refractivity contribution in [3.05, 3.63) is 11.9 Å². The molecule has 0 aliphatic carbocycles. The molecular formula is C9H15ClN4O. The van der Waals surface area contributed by atoms with Gasteiger partial charge in [0.1, 0.15) is 0 Å². The summed E-state index contributed by atoms with van der Waals surface area (Å²) >= 11 is 5.66. The standard InChI is InChI=1S/C9H15ClN4O/c1-9(2,3-4-10)6-11-8(15)7-5-12-14-13-7/h5H,3-4,6H2,1-2H3,(H,11,15)(H,12,13,14). The number of alkyl halides is 1.